The van der Waals surface area contributed by atoms with Crippen molar-refractivity contribution < 1.29 is 19.1 Å². The first-order valence-electron chi connectivity index (χ1n) is 5.53. The van der Waals surface area contributed by atoms with E-state index in [2.05, 4.69) is 15.0 Å². The molecule has 1 aromatic rings. The number of amides is 1. The molecule has 18 heavy (non-hydrogen) atoms. The first-order chi connectivity index (χ1) is 8.67. The molecule has 1 aliphatic heterocycles. The van der Waals surface area contributed by atoms with Gasteiger partial charge in [-0.2, -0.15) is 0 Å². The van der Waals surface area contributed by atoms with E-state index in [4.69, 9.17) is 4.74 Å². The topological polar surface area (TPSA) is 77.5 Å². The maximum Gasteiger partial charge on any atom is 0.318 e. The molecule has 1 amide bonds. The summed E-state index contributed by atoms with van der Waals surface area (Å²) >= 11 is 0. The van der Waals surface area contributed by atoms with E-state index in [0.717, 1.165) is 5.56 Å². The highest BCUT2D eigenvalue weighted by Gasteiger charge is 2.41. The predicted octanol–water partition coefficient (Wildman–Crippen LogP) is 0.0928. The summed E-state index contributed by atoms with van der Waals surface area (Å²) in [6.07, 6.45) is 1.61. The minimum atomic E-state index is -0.801. The molecule has 96 valence electrons. The van der Waals surface area contributed by atoms with E-state index in [1.54, 1.807) is 18.3 Å². The Balaban J connectivity index is 2.25. The molecular formula is C12H14N2O4. The average Bonchev–Trinajstić information content (AvgIpc) is 2.80. The lowest BCUT2D eigenvalue weighted by Gasteiger charge is -2.14. The molecule has 6 heteroatoms. The Morgan fingerprint density at radius 3 is 2.78 bits per heavy atom. The smallest absolute Gasteiger partial charge is 0.318 e. The number of aromatic nitrogens is 1. The Morgan fingerprint density at radius 1 is 1.44 bits per heavy atom. The number of nitrogens with one attached hydrogen (secondary N) is 1. The molecule has 0 radical (unpaired) electrons. The minimum Gasteiger partial charge on any atom is -0.481 e. The van der Waals surface area contributed by atoms with E-state index in [0.29, 0.717) is 12.4 Å². The summed E-state index contributed by atoms with van der Waals surface area (Å²) < 4.78 is 9.62. The van der Waals surface area contributed by atoms with Crippen molar-refractivity contribution in [2.75, 3.05) is 20.8 Å². The molecule has 1 N–H and O–H groups in total. The second-order valence-corrected chi connectivity index (χ2v) is 3.99. The number of methoxy groups -OCH3 is 2. The molecular weight excluding hydrogens is 236 g/mol. The van der Waals surface area contributed by atoms with Crippen molar-refractivity contribution in [1.29, 1.82) is 0 Å². The third-order valence-corrected chi connectivity index (χ3v) is 3.03. The fourth-order valence-corrected chi connectivity index (χ4v) is 2.06. The summed E-state index contributed by atoms with van der Waals surface area (Å²) in [6.45, 7) is 0.409. The van der Waals surface area contributed by atoms with Gasteiger partial charge in [-0.25, -0.2) is 4.98 Å². The van der Waals surface area contributed by atoms with Gasteiger partial charge in [-0.1, -0.05) is 6.07 Å². The summed E-state index contributed by atoms with van der Waals surface area (Å²) in [5.41, 5.74) is 0.810. The van der Waals surface area contributed by atoms with Gasteiger partial charge in [0.25, 0.3) is 0 Å². The van der Waals surface area contributed by atoms with Crippen molar-refractivity contribution in [2.24, 2.45) is 5.92 Å². The molecule has 1 saturated heterocycles. The number of rotatable bonds is 3. The third kappa shape index (κ3) is 2.13. The molecule has 0 bridgehead atoms. The maximum atomic E-state index is 11.6. The first kappa shape index (κ1) is 12.3. The summed E-state index contributed by atoms with van der Waals surface area (Å²) in [5, 5.41) is 2.66. The van der Waals surface area contributed by atoms with Gasteiger partial charge in [0.2, 0.25) is 11.8 Å². The van der Waals surface area contributed by atoms with Crippen LogP contribution in [0.5, 0.6) is 5.88 Å². The molecule has 0 aliphatic carbocycles. The Kier molecular flexibility index (Phi) is 3.45. The zero-order chi connectivity index (χ0) is 13.1. The van der Waals surface area contributed by atoms with Gasteiger partial charge in [0.15, 0.2) is 0 Å². The Labute approximate surface area is 104 Å². The normalized spacial score (nSPS) is 22.4. The molecule has 2 atom stereocenters. The van der Waals surface area contributed by atoms with Crippen LogP contribution >= 0.6 is 0 Å². The summed E-state index contributed by atoms with van der Waals surface area (Å²) in [5.74, 6) is -1.38. The fourth-order valence-electron chi connectivity index (χ4n) is 2.06. The molecule has 2 rings (SSSR count). The number of carbonyl (C=O) groups excluding carboxylic acids is 2. The van der Waals surface area contributed by atoms with Crippen LogP contribution in [0.2, 0.25) is 0 Å². The Morgan fingerprint density at radius 2 is 2.22 bits per heavy atom. The monoisotopic (exact) mass is 250 g/mol. The number of pyridine rings is 1. The van der Waals surface area contributed by atoms with Crippen LogP contribution in [-0.2, 0) is 14.3 Å². The van der Waals surface area contributed by atoms with E-state index in [1.165, 1.54) is 14.2 Å². The lowest BCUT2D eigenvalue weighted by atomic mass is 9.89. The number of carbonyl (C=O) groups is 2. The molecule has 1 fully saturated rings. The summed E-state index contributed by atoms with van der Waals surface area (Å²) in [6, 6.07) is 3.50. The predicted molar refractivity (Wildman–Crippen MR) is 62.0 cm³/mol. The lowest BCUT2D eigenvalue weighted by molar-refractivity contribution is -0.149. The Hall–Kier alpha value is -2.11. The van der Waals surface area contributed by atoms with E-state index < -0.39 is 11.9 Å². The van der Waals surface area contributed by atoms with E-state index in [9.17, 15) is 9.59 Å². The second-order valence-electron chi connectivity index (χ2n) is 3.99. The van der Waals surface area contributed by atoms with Crippen LogP contribution in [0.3, 0.4) is 0 Å². The fraction of sp³-hybridized carbons (Fsp3) is 0.417. The maximum absolute atomic E-state index is 11.6. The van der Waals surface area contributed by atoms with Crippen molar-refractivity contribution in [3.05, 3.63) is 23.9 Å². The van der Waals surface area contributed by atoms with Gasteiger partial charge < -0.3 is 14.8 Å². The van der Waals surface area contributed by atoms with Gasteiger partial charge in [0.05, 0.1) is 14.2 Å². The highest BCUT2D eigenvalue weighted by Crippen LogP contribution is 2.30. The molecule has 1 aliphatic rings. The van der Waals surface area contributed by atoms with Crippen LogP contribution < -0.4 is 10.1 Å². The second kappa shape index (κ2) is 5.03. The van der Waals surface area contributed by atoms with Crippen LogP contribution in [0.4, 0.5) is 0 Å². The standard InChI is InChI=1S/C12H14N2O4/c1-17-9-4-3-7(5-13-9)8-6-14-11(15)10(8)12(16)18-2/h3-5,8,10H,6H2,1-2H3,(H,14,15). The first-order valence-corrected chi connectivity index (χ1v) is 5.53. The van der Waals surface area contributed by atoms with Crippen LogP contribution in [-0.4, -0.2) is 37.6 Å². The van der Waals surface area contributed by atoms with Crippen molar-refractivity contribution in [3.8, 4) is 5.88 Å². The quantitative estimate of drug-likeness (QED) is 0.607. The number of nitrogens with zero attached hydrogens (tertiary/aromatic N) is 1. The van der Waals surface area contributed by atoms with Crippen molar-refractivity contribution in [1.82, 2.24) is 10.3 Å². The zero-order valence-electron chi connectivity index (χ0n) is 10.2. The number of hydrogen-bond acceptors (Lipinski definition) is 5. The lowest BCUT2D eigenvalue weighted by Crippen LogP contribution is -2.28. The van der Waals surface area contributed by atoms with Crippen LogP contribution in [0, 0.1) is 5.92 Å². The van der Waals surface area contributed by atoms with E-state index in [1.807, 2.05) is 0 Å². The van der Waals surface area contributed by atoms with Crippen LogP contribution in [0.25, 0.3) is 0 Å². The van der Waals surface area contributed by atoms with E-state index >= 15 is 0 Å². The largest absolute Gasteiger partial charge is 0.481 e. The minimum absolute atomic E-state index is 0.247. The SMILES string of the molecule is COC(=O)C1C(=O)NCC1c1ccc(OC)nc1. The number of ether oxygens (including phenoxy) is 2. The molecule has 2 unspecified atom stereocenters. The third-order valence-electron chi connectivity index (χ3n) is 3.03. The zero-order valence-corrected chi connectivity index (χ0v) is 10.2. The number of esters is 1. The molecule has 0 saturated carbocycles. The highest BCUT2D eigenvalue weighted by atomic mass is 16.5. The van der Waals surface area contributed by atoms with Crippen LogP contribution in [0.1, 0.15) is 11.5 Å². The van der Waals surface area contributed by atoms with E-state index in [-0.39, 0.29) is 11.8 Å². The Bertz CT molecular complexity index is 458. The number of hydrogen-bond donors (Lipinski definition) is 1. The molecule has 2 heterocycles. The highest BCUT2D eigenvalue weighted by molar-refractivity contribution is 6.00. The van der Waals surface area contributed by atoms with Gasteiger partial charge in [-0.05, 0) is 5.56 Å². The van der Waals surface area contributed by atoms with Crippen molar-refractivity contribution in [2.45, 2.75) is 5.92 Å². The van der Waals surface area contributed by atoms with Gasteiger partial charge in [-0.3, -0.25) is 9.59 Å². The summed E-state index contributed by atoms with van der Waals surface area (Å²) in [4.78, 5) is 27.3. The van der Waals surface area contributed by atoms with Gasteiger partial charge in [0.1, 0.15) is 5.92 Å². The van der Waals surface area contributed by atoms with Gasteiger partial charge in [0, 0.05) is 24.7 Å². The van der Waals surface area contributed by atoms with Crippen LogP contribution in [0.15, 0.2) is 18.3 Å². The average molecular weight is 250 g/mol. The van der Waals surface area contributed by atoms with Gasteiger partial charge in [-0.15, -0.1) is 0 Å². The molecule has 6 nitrogen and oxygen atoms in total. The molecule has 0 spiro atoms. The molecule has 0 aromatic carbocycles. The molecule has 1 aromatic heterocycles. The van der Waals surface area contributed by atoms with Gasteiger partial charge >= 0.3 is 5.97 Å². The van der Waals surface area contributed by atoms with Crippen molar-refractivity contribution >= 4 is 11.9 Å². The summed E-state index contributed by atoms with van der Waals surface area (Å²) in [7, 11) is 2.80. The van der Waals surface area contributed by atoms with Crippen molar-refractivity contribution in [3.63, 3.8) is 0 Å².